The summed E-state index contributed by atoms with van der Waals surface area (Å²) in [5.74, 6) is 0.0665. The Kier molecular flexibility index (Phi) is 3.32. The molecule has 110 valence electrons. The molecule has 0 bridgehead atoms. The molecule has 0 radical (unpaired) electrons. The zero-order valence-corrected chi connectivity index (χ0v) is 12.6. The highest BCUT2D eigenvalue weighted by molar-refractivity contribution is 5.92. The lowest BCUT2D eigenvalue weighted by Crippen LogP contribution is -2.53. The first-order valence-corrected chi connectivity index (χ1v) is 7.38. The number of methoxy groups -OCH3 is 1. The highest BCUT2D eigenvalue weighted by Gasteiger charge is 2.49. The minimum atomic E-state index is 0.0665. The van der Waals surface area contributed by atoms with Gasteiger partial charge in [0.25, 0.3) is 5.91 Å². The maximum absolute atomic E-state index is 12.5. The first kappa shape index (κ1) is 13.6. The highest BCUT2D eigenvalue weighted by atomic mass is 16.5. The van der Waals surface area contributed by atoms with E-state index < -0.39 is 0 Å². The van der Waals surface area contributed by atoms with Crippen molar-refractivity contribution in [1.29, 1.82) is 0 Å². The minimum absolute atomic E-state index is 0.0665. The predicted octanol–water partition coefficient (Wildman–Crippen LogP) is 1.76. The summed E-state index contributed by atoms with van der Waals surface area (Å²) in [6.45, 7) is 3.62. The molecule has 1 unspecified atom stereocenters. The summed E-state index contributed by atoms with van der Waals surface area (Å²) in [6, 6.07) is 1.87. The first-order valence-electron chi connectivity index (χ1n) is 7.38. The van der Waals surface area contributed by atoms with E-state index in [2.05, 4.69) is 5.10 Å². The van der Waals surface area contributed by atoms with Gasteiger partial charge in [-0.1, -0.05) is 0 Å². The molecule has 20 heavy (non-hydrogen) atoms. The van der Waals surface area contributed by atoms with Crippen LogP contribution >= 0.6 is 0 Å². The standard InChI is InChI=1S/C15H23N3O2/c1-11-10-12(16-17(11)2)14(19)18-8-6-15(7-9-18)5-4-13(15)20-3/h10,13H,4-9H2,1-3H3. The molecule has 1 spiro atoms. The number of ether oxygens (including phenoxy) is 1. The molecule has 1 amide bonds. The lowest BCUT2D eigenvalue weighted by Gasteiger charge is -2.53. The van der Waals surface area contributed by atoms with Gasteiger partial charge in [0.1, 0.15) is 0 Å². The monoisotopic (exact) mass is 277 g/mol. The van der Waals surface area contributed by atoms with Crippen LogP contribution < -0.4 is 0 Å². The second-order valence-electron chi connectivity index (χ2n) is 6.21. The van der Waals surface area contributed by atoms with Crippen molar-refractivity contribution in [3.05, 3.63) is 17.5 Å². The Morgan fingerprint density at radius 2 is 2.10 bits per heavy atom. The SMILES string of the molecule is COC1CCC12CCN(C(=O)c1cc(C)n(C)n1)CC2. The van der Waals surface area contributed by atoms with E-state index in [-0.39, 0.29) is 5.91 Å². The number of likely N-dealkylation sites (tertiary alicyclic amines) is 1. The van der Waals surface area contributed by atoms with Crippen molar-refractivity contribution < 1.29 is 9.53 Å². The maximum atomic E-state index is 12.5. The van der Waals surface area contributed by atoms with Gasteiger partial charge in [0, 0.05) is 38.4 Å². The Balaban J connectivity index is 1.65. The van der Waals surface area contributed by atoms with Crippen LogP contribution in [0.2, 0.25) is 0 Å². The average Bonchev–Trinajstić information content (AvgIpc) is 2.77. The van der Waals surface area contributed by atoms with E-state index in [4.69, 9.17) is 4.74 Å². The van der Waals surface area contributed by atoms with Crippen LogP contribution in [0, 0.1) is 12.3 Å². The summed E-state index contributed by atoms with van der Waals surface area (Å²) in [7, 11) is 3.68. The quantitative estimate of drug-likeness (QED) is 0.827. The molecule has 1 atom stereocenters. The summed E-state index contributed by atoms with van der Waals surface area (Å²) < 4.78 is 7.32. The van der Waals surface area contributed by atoms with E-state index in [1.165, 1.54) is 12.8 Å². The zero-order valence-electron chi connectivity index (χ0n) is 12.6. The topological polar surface area (TPSA) is 47.4 Å². The molecule has 3 rings (SSSR count). The number of rotatable bonds is 2. The summed E-state index contributed by atoms with van der Waals surface area (Å²) in [5.41, 5.74) is 1.92. The number of piperidine rings is 1. The first-order chi connectivity index (χ1) is 9.55. The Bertz CT molecular complexity index is 494. The van der Waals surface area contributed by atoms with Gasteiger partial charge < -0.3 is 9.64 Å². The van der Waals surface area contributed by atoms with E-state index in [0.29, 0.717) is 17.2 Å². The average molecular weight is 277 g/mol. The Morgan fingerprint density at radius 1 is 1.40 bits per heavy atom. The fraction of sp³-hybridized carbons (Fsp3) is 0.733. The van der Waals surface area contributed by atoms with Crippen molar-refractivity contribution >= 4 is 5.91 Å². The number of carbonyl (C=O) groups excluding carboxylic acids is 1. The predicted molar refractivity (Wildman–Crippen MR) is 75.5 cm³/mol. The van der Waals surface area contributed by atoms with Crippen LogP contribution in [0.1, 0.15) is 41.9 Å². The zero-order chi connectivity index (χ0) is 14.3. The second kappa shape index (κ2) is 4.88. The van der Waals surface area contributed by atoms with Gasteiger partial charge in [-0.25, -0.2) is 0 Å². The fourth-order valence-corrected chi connectivity index (χ4v) is 3.59. The molecule has 2 aliphatic rings. The van der Waals surface area contributed by atoms with Crippen molar-refractivity contribution in [2.45, 2.75) is 38.7 Å². The van der Waals surface area contributed by atoms with Crippen LogP contribution in [0.25, 0.3) is 0 Å². The summed E-state index contributed by atoms with van der Waals surface area (Å²) in [6.07, 6.45) is 4.93. The molecule has 1 aliphatic heterocycles. The van der Waals surface area contributed by atoms with Crippen molar-refractivity contribution in [2.75, 3.05) is 20.2 Å². The number of hydrogen-bond donors (Lipinski definition) is 0. The van der Waals surface area contributed by atoms with Gasteiger partial charge in [-0.15, -0.1) is 0 Å². The molecular weight excluding hydrogens is 254 g/mol. The molecule has 2 heterocycles. The van der Waals surface area contributed by atoms with Gasteiger partial charge in [-0.05, 0) is 38.7 Å². The summed E-state index contributed by atoms with van der Waals surface area (Å²) in [5, 5.41) is 4.29. The third kappa shape index (κ3) is 2.04. The second-order valence-corrected chi connectivity index (χ2v) is 6.21. The van der Waals surface area contributed by atoms with Gasteiger partial charge in [0.15, 0.2) is 5.69 Å². The molecule has 5 nitrogen and oxygen atoms in total. The summed E-state index contributed by atoms with van der Waals surface area (Å²) >= 11 is 0. The van der Waals surface area contributed by atoms with Crippen LogP contribution in [0.3, 0.4) is 0 Å². The van der Waals surface area contributed by atoms with Crippen LogP contribution in [0.5, 0.6) is 0 Å². The number of amides is 1. The number of aromatic nitrogens is 2. The van der Waals surface area contributed by atoms with Crippen molar-refractivity contribution in [3.8, 4) is 0 Å². The largest absolute Gasteiger partial charge is 0.381 e. The van der Waals surface area contributed by atoms with Crippen LogP contribution in [-0.4, -0.2) is 46.9 Å². The van der Waals surface area contributed by atoms with Crippen molar-refractivity contribution in [3.63, 3.8) is 0 Å². The van der Waals surface area contributed by atoms with E-state index >= 15 is 0 Å². The Hall–Kier alpha value is -1.36. The molecule has 1 aromatic heterocycles. The maximum Gasteiger partial charge on any atom is 0.274 e. The molecule has 1 saturated carbocycles. The third-order valence-corrected chi connectivity index (χ3v) is 5.25. The van der Waals surface area contributed by atoms with Gasteiger partial charge in [-0.2, -0.15) is 5.10 Å². The van der Waals surface area contributed by atoms with Crippen molar-refractivity contribution in [1.82, 2.24) is 14.7 Å². The molecule has 1 saturated heterocycles. The van der Waals surface area contributed by atoms with Crippen LogP contribution in [0.4, 0.5) is 0 Å². The third-order valence-electron chi connectivity index (χ3n) is 5.25. The van der Waals surface area contributed by atoms with Gasteiger partial charge in [-0.3, -0.25) is 9.48 Å². The smallest absolute Gasteiger partial charge is 0.274 e. The molecule has 0 aromatic carbocycles. The van der Waals surface area contributed by atoms with E-state index in [0.717, 1.165) is 31.6 Å². The fourth-order valence-electron chi connectivity index (χ4n) is 3.59. The van der Waals surface area contributed by atoms with Crippen LogP contribution in [0.15, 0.2) is 6.07 Å². The number of aryl methyl sites for hydroxylation is 2. The normalized spacial score (nSPS) is 24.8. The van der Waals surface area contributed by atoms with E-state index in [1.807, 2.05) is 24.9 Å². The molecular formula is C15H23N3O2. The van der Waals surface area contributed by atoms with E-state index in [9.17, 15) is 4.79 Å². The number of hydrogen-bond acceptors (Lipinski definition) is 3. The van der Waals surface area contributed by atoms with Gasteiger partial charge in [0.05, 0.1) is 6.10 Å². The van der Waals surface area contributed by atoms with Gasteiger partial charge >= 0.3 is 0 Å². The molecule has 2 fully saturated rings. The number of nitrogens with zero attached hydrogens (tertiary/aromatic N) is 3. The molecule has 0 N–H and O–H groups in total. The summed E-state index contributed by atoms with van der Waals surface area (Å²) in [4.78, 5) is 14.4. The highest BCUT2D eigenvalue weighted by Crippen LogP contribution is 2.50. The Labute approximate surface area is 119 Å². The van der Waals surface area contributed by atoms with Crippen LogP contribution in [-0.2, 0) is 11.8 Å². The van der Waals surface area contributed by atoms with Gasteiger partial charge in [0.2, 0.25) is 0 Å². The minimum Gasteiger partial charge on any atom is -0.381 e. The Morgan fingerprint density at radius 3 is 2.55 bits per heavy atom. The lowest BCUT2D eigenvalue weighted by atomic mass is 9.61. The molecule has 1 aromatic rings. The molecule has 1 aliphatic carbocycles. The van der Waals surface area contributed by atoms with E-state index in [1.54, 1.807) is 11.8 Å². The lowest BCUT2D eigenvalue weighted by molar-refractivity contribution is -0.116. The number of carbonyl (C=O) groups is 1. The molecule has 5 heteroatoms. The van der Waals surface area contributed by atoms with Crippen molar-refractivity contribution in [2.24, 2.45) is 12.5 Å².